The van der Waals surface area contributed by atoms with Crippen LogP contribution in [0.3, 0.4) is 0 Å². The number of sulfonamides is 1. The summed E-state index contributed by atoms with van der Waals surface area (Å²) in [5.74, 6) is -0.473. The summed E-state index contributed by atoms with van der Waals surface area (Å²) in [4.78, 5) is 23.0. The molecule has 9 heteroatoms. The second-order valence-electron chi connectivity index (χ2n) is 9.44. The highest BCUT2D eigenvalue weighted by Gasteiger charge is 2.29. The van der Waals surface area contributed by atoms with Gasteiger partial charge < -0.3 is 4.74 Å². The first-order valence-electron chi connectivity index (χ1n) is 11.3. The highest BCUT2D eigenvalue weighted by atomic mass is 32.2. The van der Waals surface area contributed by atoms with Gasteiger partial charge in [-0.05, 0) is 69.6 Å². The monoisotopic (exact) mass is 468 g/mol. The molecule has 2 N–H and O–H groups in total. The summed E-state index contributed by atoms with van der Waals surface area (Å²) < 4.78 is 47.6. The van der Waals surface area contributed by atoms with Crippen LogP contribution in [0.25, 0.3) is 0 Å². The smallest absolute Gasteiger partial charge is 0.229 e. The van der Waals surface area contributed by atoms with Gasteiger partial charge in [0.05, 0.1) is 17.9 Å². The number of benzene rings is 1. The molecule has 2 amide bonds. The molecule has 7 nitrogen and oxygen atoms in total. The number of carbonyl (C=O) groups excluding carboxylic acids is 2. The molecule has 0 aromatic heterocycles. The maximum absolute atomic E-state index is 14.1. The van der Waals surface area contributed by atoms with Crippen LogP contribution in [0.15, 0.2) is 18.2 Å². The molecule has 1 atom stereocenters. The van der Waals surface area contributed by atoms with E-state index in [1.807, 2.05) is 0 Å². The van der Waals surface area contributed by atoms with Gasteiger partial charge in [0.25, 0.3) is 0 Å². The lowest BCUT2D eigenvalue weighted by Gasteiger charge is -2.27. The molecule has 1 saturated carbocycles. The molecule has 1 aliphatic heterocycles. The van der Waals surface area contributed by atoms with Crippen LogP contribution in [0.2, 0.25) is 0 Å². The third-order valence-corrected chi connectivity index (χ3v) is 7.70. The summed E-state index contributed by atoms with van der Waals surface area (Å²) in [5.41, 5.74) is -0.289. The number of ether oxygens (including phenoxy) is 1. The Bertz CT molecular complexity index is 944. The first kappa shape index (κ1) is 24.6. The standard InChI is InChI=1S/C23H33FN2O5S/c1-23(2,18-10-11-19(24)20(14-18)31-15-16-7-8-16)26-32(29,30)13-5-3-4-6-17-9-12-21(27)25-22(17)28/h10-11,14,16-17,26H,3-9,12-13,15H2,1-2H3,(H,25,27,28). The lowest BCUT2D eigenvalue weighted by molar-refractivity contribution is -0.136. The van der Waals surface area contributed by atoms with E-state index >= 15 is 0 Å². The number of rotatable bonds is 12. The largest absolute Gasteiger partial charge is 0.490 e. The van der Waals surface area contributed by atoms with Crippen LogP contribution in [-0.2, 0) is 25.2 Å². The van der Waals surface area contributed by atoms with E-state index < -0.39 is 21.4 Å². The van der Waals surface area contributed by atoms with Crippen molar-refractivity contribution in [3.8, 4) is 5.75 Å². The maximum atomic E-state index is 14.1. The Morgan fingerprint density at radius 3 is 2.59 bits per heavy atom. The van der Waals surface area contributed by atoms with E-state index in [1.54, 1.807) is 26.0 Å². The Labute approximate surface area is 189 Å². The predicted octanol–water partition coefficient (Wildman–Crippen LogP) is 3.38. The highest BCUT2D eigenvalue weighted by Crippen LogP contribution is 2.32. The number of hydrogen-bond acceptors (Lipinski definition) is 5. The average molecular weight is 469 g/mol. The summed E-state index contributed by atoms with van der Waals surface area (Å²) in [7, 11) is -3.56. The Morgan fingerprint density at radius 1 is 1.16 bits per heavy atom. The fraction of sp³-hybridized carbons (Fsp3) is 0.652. The molecule has 1 aromatic carbocycles. The molecule has 178 valence electrons. The number of nitrogens with one attached hydrogen (secondary N) is 2. The van der Waals surface area contributed by atoms with Crippen molar-refractivity contribution in [2.75, 3.05) is 12.4 Å². The normalized spacial score (nSPS) is 19.7. The van der Waals surface area contributed by atoms with E-state index in [0.717, 1.165) is 19.3 Å². The summed E-state index contributed by atoms with van der Waals surface area (Å²) >= 11 is 0. The van der Waals surface area contributed by atoms with Gasteiger partial charge in [-0.2, -0.15) is 0 Å². The van der Waals surface area contributed by atoms with Gasteiger partial charge in [-0.25, -0.2) is 17.5 Å². The van der Waals surface area contributed by atoms with Crippen molar-refractivity contribution in [3.63, 3.8) is 0 Å². The molecule has 0 radical (unpaired) electrons. The van der Waals surface area contributed by atoms with Crippen LogP contribution in [0, 0.1) is 17.7 Å². The minimum atomic E-state index is -3.56. The first-order chi connectivity index (χ1) is 15.1. The molecule has 32 heavy (non-hydrogen) atoms. The average Bonchev–Trinajstić information content (AvgIpc) is 3.52. The lowest BCUT2D eigenvalue weighted by Crippen LogP contribution is -2.42. The third-order valence-electron chi connectivity index (χ3n) is 6.05. The number of carbonyl (C=O) groups is 2. The van der Waals surface area contributed by atoms with Crippen molar-refractivity contribution in [3.05, 3.63) is 29.6 Å². The van der Waals surface area contributed by atoms with Gasteiger partial charge >= 0.3 is 0 Å². The number of piperidine rings is 1. The van der Waals surface area contributed by atoms with Crippen LogP contribution < -0.4 is 14.8 Å². The lowest BCUT2D eigenvalue weighted by atomic mass is 9.92. The first-order valence-corrected chi connectivity index (χ1v) is 13.0. The number of amides is 2. The number of imide groups is 1. The molecular weight excluding hydrogens is 435 g/mol. The van der Waals surface area contributed by atoms with Crippen LogP contribution in [0.1, 0.15) is 70.8 Å². The Balaban J connectivity index is 1.46. The van der Waals surface area contributed by atoms with Gasteiger partial charge in [0.1, 0.15) is 0 Å². The molecule has 0 spiro atoms. The van der Waals surface area contributed by atoms with Gasteiger partial charge in [0, 0.05) is 12.3 Å². The topological polar surface area (TPSA) is 102 Å². The van der Waals surface area contributed by atoms with Gasteiger partial charge in [0.15, 0.2) is 11.6 Å². The van der Waals surface area contributed by atoms with Gasteiger partial charge in [-0.15, -0.1) is 0 Å². The fourth-order valence-electron chi connectivity index (χ4n) is 3.87. The van der Waals surface area contributed by atoms with E-state index in [1.165, 1.54) is 6.07 Å². The summed E-state index contributed by atoms with van der Waals surface area (Å²) in [5, 5.41) is 2.34. The maximum Gasteiger partial charge on any atom is 0.229 e. The van der Waals surface area contributed by atoms with Gasteiger partial charge in [-0.3, -0.25) is 14.9 Å². The van der Waals surface area contributed by atoms with Gasteiger partial charge in [-0.1, -0.05) is 18.9 Å². The molecular formula is C23H33FN2O5S. The molecule has 2 aliphatic rings. The zero-order chi connectivity index (χ0) is 23.4. The fourth-order valence-corrected chi connectivity index (χ4v) is 5.45. The second-order valence-corrected chi connectivity index (χ2v) is 11.3. The molecule has 1 heterocycles. The second kappa shape index (κ2) is 10.3. The minimum absolute atomic E-state index is 0.0298. The zero-order valence-electron chi connectivity index (χ0n) is 18.8. The van der Waals surface area contributed by atoms with Crippen molar-refractivity contribution in [1.29, 1.82) is 0 Å². The van der Waals surface area contributed by atoms with Crippen molar-refractivity contribution in [2.45, 2.75) is 70.8 Å². The molecule has 1 aliphatic carbocycles. The van der Waals surface area contributed by atoms with Crippen LogP contribution in [0.5, 0.6) is 5.75 Å². The van der Waals surface area contributed by atoms with Gasteiger partial charge in [0.2, 0.25) is 21.8 Å². The summed E-state index contributed by atoms with van der Waals surface area (Å²) in [6.45, 7) is 3.96. The highest BCUT2D eigenvalue weighted by molar-refractivity contribution is 7.89. The van der Waals surface area contributed by atoms with E-state index in [4.69, 9.17) is 4.74 Å². The SMILES string of the molecule is CC(C)(NS(=O)(=O)CCCCCC1CCC(=O)NC1=O)c1ccc(F)c(OCC2CC2)c1. The van der Waals surface area contributed by atoms with Crippen LogP contribution in [-0.4, -0.2) is 32.6 Å². The zero-order valence-corrected chi connectivity index (χ0v) is 19.6. The summed E-state index contributed by atoms with van der Waals surface area (Å²) in [6, 6.07) is 4.45. The van der Waals surface area contributed by atoms with Crippen LogP contribution >= 0.6 is 0 Å². The minimum Gasteiger partial charge on any atom is -0.490 e. The molecule has 0 bridgehead atoms. The number of hydrogen-bond donors (Lipinski definition) is 2. The Morgan fingerprint density at radius 2 is 1.91 bits per heavy atom. The van der Waals surface area contributed by atoms with Crippen molar-refractivity contribution >= 4 is 21.8 Å². The van der Waals surface area contributed by atoms with Crippen molar-refractivity contribution in [2.24, 2.45) is 11.8 Å². The molecule has 1 aromatic rings. The third kappa shape index (κ3) is 7.27. The molecule has 1 saturated heterocycles. The van der Waals surface area contributed by atoms with Crippen molar-refractivity contribution in [1.82, 2.24) is 10.0 Å². The van der Waals surface area contributed by atoms with Crippen molar-refractivity contribution < 1.29 is 27.1 Å². The quantitative estimate of drug-likeness (QED) is 0.362. The van der Waals surface area contributed by atoms with E-state index in [9.17, 15) is 22.4 Å². The Kier molecular flexibility index (Phi) is 7.92. The van der Waals surface area contributed by atoms with Crippen LogP contribution in [0.4, 0.5) is 4.39 Å². The summed E-state index contributed by atoms with van der Waals surface area (Å²) in [6.07, 6.45) is 5.64. The number of halogens is 1. The number of unbranched alkanes of at least 4 members (excludes halogenated alkanes) is 2. The molecule has 2 fully saturated rings. The van der Waals surface area contributed by atoms with E-state index in [2.05, 4.69) is 10.0 Å². The predicted molar refractivity (Wildman–Crippen MR) is 119 cm³/mol. The van der Waals surface area contributed by atoms with E-state index in [0.29, 0.717) is 50.2 Å². The Hall–Kier alpha value is -2.00. The van der Waals surface area contributed by atoms with E-state index in [-0.39, 0.29) is 29.2 Å². The molecule has 1 unspecified atom stereocenters. The molecule has 3 rings (SSSR count).